The van der Waals surface area contributed by atoms with Crippen LogP contribution in [0, 0.1) is 0 Å². The van der Waals surface area contributed by atoms with Crippen LogP contribution in [0.1, 0.15) is 36.0 Å². The number of hydrogen-bond donors (Lipinski definition) is 2. The van der Waals surface area contributed by atoms with Crippen molar-refractivity contribution in [2.45, 2.75) is 51.3 Å². The molecule has 4 nitrogen and oxygen atoms in total. The third-order valence-electron chi connectivity index (χ3n) is 6.82. The Hall–Kier alpha value is -2.96. The van der Waals surface area contributed by atoms with E-state index in [1.807, 2.05) is 24.3 Å². The maximum Gasteiger partial charge on any atom is 0.387 e. The van der Waals surface area contributed by atoms with Gasteiger partial charge in [0.25, 0.3) is 0 Å². The highest BCUT2D eigenvalue weighted by Gasteiger charge is 2.21. The minimum absolute atomic E-state index is 0.0439. The lowest BCUT2D eigenvalue weighted by Gasteiger charge is -2.17. The van der Waals surface area contributed by atoms with E-state index in [0.717, 1.165) is 42.4 Å². The summed E-state index contributed by atoms with van der Waals surface area (Å²) in [6.45, 7) is -2.03. The van der Waals surface area contributed by atoms with Crippen molar-refractivity contribution in [1.29, 1.82) is 0 Å². The third kappa shape index (κ3) is 5.19. The SMILES string of the molecule is O=C1CCC(CNCc2ccc(-c3cccc(-c4cccc5c4CCC5)c3Cl)cc2OC(F)F)N1. The summed E-state index contributed by atoms with van der Waals surface area (Å²) in [4.78, 5) is 11.4. The molecular formula is C28H27ClF2N2O2. The molecule has 2 aliphatic rings. The van der Waals surface area contributed by atoms with E-state index in [4.69, 9.17) is 16.3 Å². The summed E-state index contributed by atoms with van der Waals surface area (Å²) >= 11 is 6.91. The van der Waals surface area contributed by atoms with E-state index in [0.29, 0.717) is 35.7 Å². The van der Waals surface area contributed by atoms with E-state index in [1.54, 1.807) is 12.1 Å². The van der Waals surface area contributed by atoms with Crippen molar-refractivity contribution in [3.05, 3.63) is 76.3 Å². The van der Waals surface area contributed by atoms with Crippen molar-refractivity contribution < 1.29 is 18.3 Å². The molecule has 1 fully saturated rings. The topological polar surface area (TPSA) is 50.4 Å². The molecule has 3 aromatic carbocycles. The van der Waals surface area contributed by atoms with E-state index < -0.39 is 6.61 Å². The van der Waals surface area contributed by atoms with Gasteiger partial charge in [-0.25, -0.2) is 0 Å². The average Bonchev–Trinajstić information content (AvgIpc) is 3.48. The average molecular weight is 497 g/mol. The normalized spacial score (nSPS) is 17.0. The van der Waals surface area contributed by atoms with Crippen LogP contribution in [0.25, 0.3) is 22.3 Å². The Morgan fingerprint density at radius 2 is 1.83 bits per heavy atom. The summed E-state index contributed by atoms with van der Waals surface area (Å²) in [7, 11) is 0. The van der Waals surface area contributed by atoms with Gasteiger partial charge in [-0.05, 0) is 54.0 Å². The fourth-order valence-corrected chi connectivity index (χ4v) is 5.46. The first kappa shape index (κ1) is 23.8. The van der Waals surface area contributed by atoms with Gasteiger partial charge in [0.05, 0.1) is 5.02 Å². The van der Waals surface area contributed by atoms with Gasteiger partial charge in [-0.2, -0.15) is 8.78 Å². The molecule has 1 unspecified atom stereocenters. The number of alkyl halides is 2. The Morgan fingerprint density at radius 3 is 2.63 bits per heavy atom. The Labute approximate surface area is 208 Å². The van der Waals surface area contributed by atoms with Gasteiger partial charge in [0, 0.05) is 42.2 Å². The fraction of sp³-hybridized carbons (Fsp3) is 0.321. The second-order valence-corrected chi connectivity index (χ2v) is 9.48. The minimum Gasteiger partial charge on any atom is -0.434 e. The molecule has 0 saturated carbocycles. The van der Waals surface area contributed by atoms with E-state index >= 15 is 0 Å². The van der Waals surface area contributed by atoms with Crippen molar-refractivity contribution in [2.75, 3.05) is 6.54 Å². The molecule has 35 heavy (non-hydrogen) atoms. The third-order valence-corrected chi connectivity index (χ3v) is 7.23. The zero-order valence-corrected chi connectivity index (χ0v) is 20.0. The molecule has 182 valence electrons. The summed E-state index contributed by atoms with van der Waals surface area (Å²) < 4.78 is 31.3. The Balaban J connectivity index is 1.42. The van der Waals surface area contributed by atoms with Gasteiger partial charge < -0.3 is 15.4 Å². The lowest BCUT2D eigenvalue weighted by atomic mass is 9.93. The molecule has 0 spiro atoms. The molecule has 0 aromatic heterocycles. The van der Waals surface area contributed by atoms with Crippen LogP contribution in [0.5, 0.6) is 5.75 Å². The van der Waals surface area contributed by atoms with Crippen molar-refractivity contribution in [1.82, 2.24) is 10.6 Å². The summed E-state index contributed by atoms with van der Waals surface area (Å²) in [5.41, 5.74) is 6.89. The van der Waals surface area contributed by atoms with Gasteiger partial charge in [-0.15, -0.1) is 0 Å². The van der Waals surface area contributed by atoms with Crippen LogP contribution in [-0.2, 0) is 24.2 Å². The molecule has 5 rings (SSSR count). The van der Waals surface area contributed by atoms with Crippen LogP contribution in [0.3, 0.4) is 0 Å². The number of nitrogens with one attached hydrogen (secondary N) is 2. The number of ether oxygens (including phenoxy) is 1. The number of carbonyl (C=O) groups excluding carboxylic acids is 1. The van der Waals surface area contributed by atoms with E-state index in [2.05, 4.69) is 28.8 Å². The van der Waals surface area contributed by atoms with Crippen molar-refractivity contribution in [2.24, 2.45) is 0 Å². The molecule has 0 bridgehead atoms. The maximum absolute atomic E-state index is 13.2. The molecule has 1 aliphatic carbocycles. The first-order chi connectivity index (χ1) is 17.0. The predicted molar refractivity (Wildman–Crippen MR) is 134 cm³/mol. The highest BCUT2D eigenvalue weighted by atomic mass is 35.5. The van der Waals surface area contributed by atoms with E-state index in [9.17, 15) is 13.6 Å². The van der Waals surface area contributed by atoms with Gasteiger partial charge in [-0.1, -0.05) is 60.1 Å². The Bertz CT molecular complexity index is 1250. The monoisotopic (exact) mass is 496 g/mol. The second kappa shape index (κ2) is 10.3. The lowest BCUT2D eigenvalue weighted by Crippen LogP contribution is -2.35. The first-order valence-corrected chi connectivity index (χ1v) is 12.3. The quantitative estimate of drug-likeness (QED) is 0.394. The number of amides is 1. The number of halogens is 3. The maximum atomic E-state index is 13.2. The van der Waals surface area contributed by atoms with Crippen LogP contribution in [0.4, 0.5) is 8.78 Å². The molecule has 1 saturated heterocycles. The van der Waals surface area contributed by atoms with E-state index in [-0.39, 0.29) is 17.7 Å². The smallest absolute Gasteiger partial charge is 0.387 e. The summed E-state index contributed by atoms with van der Waals surface area (Å²) in [5.74, 6) is 0.157. The summed E-state index contributed by atoms with van der Waals surface area (Å²) in [5, 5.41) is 6.72. The van der Waals surface area contributed by atoms with E-state index in [1.165, 1.54) is 11.1 Å². The van der Waals surface area contributed by atoms with Crippen molar-refractivity contribution >= 4 is 17.5 Å². The highest BCUT2D eigenvalue weighted by molar-refractivity contribution is 6.36. The van der Waals surface area contributed by atoms with Gasteiger partial charge in [0.1, 0.15) is 5.75 Å². The second-order valence-electron chi connectivity index (χ2n) is 9.10. The molecular weight excluding hydrogens is 470 g/mol. The van der Waals surface area contributed by atoms with Gasteiger partial charge in [0.2, 0.25) is 5.91 Å². The summed E-state index contributed by atoms with van der Waals surface area (Å²) in [6, 6.07) is 17.5. The molecule has 1 aliphatic heterocycles. The largest absolute Gasteiger partial charge is 0.434 e. The number of carbonyl (C=O) groups is 1. The Morgan fingerprint density at radius 1 is 1.03 bits per heavy atom. The lowest BCUT2D eigenvalue weighted by molar-refractivity contribution is -0.119. The molecule has 2 N–H and O–H groups in total. The number of aryl methyl sites for hydroxylation is 1. The van der Waals surface area contributed by atoms with Gasteiger partial charge in [-0.3, -0.25) is 4.79 Å². The molecule has 1 amide bonds. The van der Waals surface area contributed by atoms with Crippen LogP contribution in [0.15, 0.2) is 54.6 Å². The number of fused-ring (bicyclic) bond motifs is 1. The molecule has 0 radical (unpaired) electrons. The minimum atomic E-state index is -2.94. The van der Waals surface area contributed by atoms with Crippen LogP contribution in [0.2, 0.25) is 5.02 Å². The zero-order valence-electron chi connectivity index (χ0n) is 19.3. The fourth-order valence-electron chi connectivity index (χ4n) is 5.12. The number of hydrogen-bond acceptors (Lipinski definition) is 3. The van der Waals surface area contributed by atoms with Gasteiger partial charge >= 0.3 is 6.61 Å². The first-order valence-electron chi connectivity index (χ1n) is 12.0. The molecule has 3 aromatic rings. The Kier molecular flexibility index (Phi) is 7.02. The molecule has 1 atom stereocenters. The van der Waals surface area contributed by atoms with Crippen LogP contribution in [-0.4, -0.2) is 25.1 Å². The van der Waals surface area contributed by atoms with Crippen LogP contribution >= 0.6 is 11.6 Å². The molecule has 7 heteroatoms. The van der Waals surface area contributed by atoms with Crippen molar-refractivity contribution in [3.63, 3.8) is 0 Å². The number of benzene rings is 3. The van der Waals surface area contributed by atoms with Crippen LogP contribution < -0.4 is 15.4 Å². The summed E-state index contributed by atoms with van der Waals surface area (Å²) in [6.07, 6.45) is 4.54. The van der Waals surface area contributed by atoms with Gasteiger partial charge in [0.15, 0.2) is 0 Å². The molecule has 1 heterocycles. The highest BCUT2D eigenvalue weighted by Crippen LogP contribution is 2.41. The van der Waals surface area contributed by atoms with Crippen molar-refractivity contribution in [3.8, 4) is 28.0 Å². The predicted octanol–water partition coefficient (Wildman–Crippen LogP) is 6.13. The number of rotatable bonds is 8. The zero-order chi connectivity index (χ0) is 24.4. The standard InChI is InChI=1S/C28H27ClF2N2O2/c29-27-22(7-3-9-24(27)23-8-2-5-17-4-1-6-21(17)23)18-10-11-19(25(14-18)35-28(30)31)15-32-16-20-12-13-26(34)33-20/h2-3,5,7-11,14,20,28,32H,1,4,6,12-13,15-16H2,(H,33,34).